The molecule has 0 unspecified atom stereocenters. The Bertz CT molecular complexity index is 1170. The molecule has 3 aliphatic carbocycles. The first-order valence-corrected chi connectivity index (χ1v) is 22.7. The van der Waals surface area contributed by atoms with Crippen LogP contribution in [0.25, 0.3) is 11.1 Å². The van der Waals surface area contributed by atoms with Crippen molar-refractivity contribution in [3.63, 3.8) is 0 Å². The van der Waals surface area contributed by atoms with Gasteiger partial charge < -0.3 is 24.8 Å². The molecule has 5 rings (SSSR count). The van der Waals surface area contributed by atoms with Gasteiger partial charge in [0.15, 0.2) is 0 Å². The molecular formula is C28H36Cl2Si2Zr. The number of allylic oxidation sites excluding steroid dienone is 4. The van der Waals surface area contributed by atoms with Crippen molar-refractivity contribution in [2.75, 3.05) is 0 Å². The molecule has 0 radical (unpaired) electrons. The van der Waals surface area contributed by atoms with Crippen molar-refractivity contribution in [1.29, 1.82) is 0 Å². The summed E-state index contributed by atoms with van der Waals surface area (Å²) in [5, 5.41) is 3.40. The Morgan fingerprint density at radius 3 is 2.06 bits per heavy atom. The van der Waals surface area contributed by atoms with E-state index < -0.39 is 37.4 Å². The second-order valence-electron chi connectivity index (χ2n) is 11.7. The fourth-order valence-corrected chi connectivity index (χ4v) is 20.1. The molecule has 3 aliphatic rings. The standard InChI is InChI=1S/C19H25Si2.C5H5.C4H6.2ClH.Zr/c1-20(2,3)16-7-9-18-14(12-16)11-15-13-17(21(4,5)6)8-10-19(15)18;1-2-4-5-3-1;1-2-4-3-1;;;/h7-10,12H,11H2,1-6H3;1-3H,4H2;1-3H2;2*1H;/q;;;;;+2/p-2. The van der Waals surface area contributed by atoms with Gasteiger partial charge in [0.1, 0.15) is 0 Å². The third-order valence-electron chi connectivity index (χ3n) is 7.40. The number of hydrogen-bond donors (Lipinski definition) is 0. The monoisotopic (exact) mass is 588 g/mol. The molecular weight excluding hydrogens is 555 g/mol. The van der Waals surface area contributed by atoms with E-state index in [0.29, 0.717) is 0 Å². The topological polar surface area (TPSA) is 0 Å². The third-order valence-corrected chi connectivity index (χ3v) is 20.2. The Labute approximate surface area is 223 Å². The van der Waals surface area contributed by atoms with Crippen molar-refractivity contribution in [2.24, 2.45) is 0 Å². The Morgan fingerprint density at radius 2 is 1.52 bits per heavy atom. The summed E-state index contributed by atoms with van der Waals surface area (Å²) in [6, 6.07) is 12.6. The van der Waals surface area contributed by atoms with Gasteiger partial charge in [-0.1, -0.05) is 0 Å². The van der Waals surface area contributed by atoms with Crippen molar-refractivity contribution in [3.05, 3.63) is 63.0 Å². The van der Waals surface area contributed by atoms with Crippen LogP contribution in [0.1, 0.15) is 36.8 Å². The van der Waals surface area contributed by atoms with Crippen molar-refractivity contribution in [1.82, 2.24) is 0 Å². The zero-order valence-corrected chi connectivity index (χ0v) is 26.9. The predicted molar refractivity (Wildman–Crippen MR) is 141 cm³/mol. The van der Waals surface area contributed by atoms with E-state index in [1.165, 1.54) is 37.7 Å². The molecule has 0 spiro atoms. The molecule has 0 amide bonds. The summed E-state index contributed by atoms with van der Waals surface area (Å²) < 4.78 is 5.74. The SMILES string of the molecule is C[Si](C)(C)c1ccc2c(c1)Cc1c-2ccc([Si](C)(C)C)[c]1[Zr+2]([C]1=CC=CC1)=[C]1CCC1.[Cl-].[Cl-]. The Morgan fingerprint density at radius 1 is 0.818 bits per heavy atom. The molecule has 0 atom stereocenters. The van der Waals surface area contributed by atoms with Gasteiger partial charge in [0.25, 0.3) is 0 Å². The fourth-order valence-electron chi connectivity index (χ4n) is 5.45. The summed E-state index contributed by atoms with van der Waals surface area (Å²) >= 11 is -2.00. The van der Waals surface area contributed by atoms with Crippen LogP contribution in [0.2, 0.25) is 39.3 Å². The number of rotatable bonds is 4. The van der Waals surface area contributed by atoms with Gasteiger partial charge in [-0.15, -0.1) is 0 Å². The Hall–Kier alpha value is -0.313. The van der Waals surface area contributed by atoms with E-state index in [1.807, 2.05) is 9.76 Å². The van der Waals surface area contributed by atoms with Crippen molar-refractivity contribution in [3.8, 4) is 11.1 Å². The normalized spacial score (nSPS) is 16.0. The minimum Gasteiger partial charge on any atom is -1.00 e. The molecule has 33 heavy (non-hydrogen) atoms. The Kier molecular flexibility index (Phi) is 8.25. The van der Waals surface area contributed by atoms with E-state index in [2.05, 4.69) is 87.8 Å². The van der Waals surface area contributed by atoms with Crippen LogP contribution in [0, 0.1) is 0 Å². The summed E-state index contributed by atoms with van der Waals surface area (Å²) in [6.07, 6.45) is 13.9. The molecule has 0 saturated heterocycles. The first-order chi connectivity index (χ1) is 14.6. The van der Waals surface area contributed by atoms with Crippen molar-refractivity contribution < 1.29 is 46.1 Å². The van der Waals surface area contributed by atoms with Crippen molar-refractivity contribution >= 4 is 33.0 Å². The molecule has 0 nitrogen and oxygen atoms in total. The van der Waals surface area contributed by atoms with Crippen LogP contribution in [-0.4, -0.2) is 19.4 Å². The zero-order valence-electron chi connectivity index (χ0n) is 20.9. The van der Waals surface area contributed by atoms with Gasteiger partial charge in [0.2, 0.25) is 0 Å². The number of hydrogen-bond acceptors (Lipinski definition) is 0. The van der Waals surface area contributed by atoms with E-state index in [0.717, 1.165) is 0 Å². The summed E-state index contributed by atoms with van der Waals surface area (Å²) in [4.78, 5) is 0. The fraction of sp³-hybridized carbons (Fsp3) is 0.393. The van der Waals surface area contributed by atoms with Crippen LogP contribution in [0.5, 0.6) is 0 Å². The van der Waals surface area contributed by atoms with Gasteiger partial charge in [-0.3, -0.25) is 0 Å². The smallest absolute Gasteiger partial charge is 1.00 e. The molecule has 1 fully saturated rings. The zero-order chi connectivity index (χ0) is 22.0. The van der Waals surface area contributed by atoms with Crippen LogP contribution in [0.3, 0.4) is 0 Å². The first-order valence-electron chi connectivity index (χ1n) is 12.0. The van der Waals surface area contributed by atoms with Gasteiger partial charge >= 0.3 is 200 Å². The van der Waals surface area contributed by atoms with Gasteiger partial charge in [0, 0.05) is 0 Å². The van der Waals surface area contributed by atoms with Crippen LogP contribution in [0.15, 0.2) is 51.8 Å². The molecule has 0 aromatic heterocycles. The van der Waals surface area contributed by atoms with Gasteiger partial charge in [-0.2, -0.15) is 0 Å². The van der Waals surface area contributed by atoms with Crippen LogP contribution in [0.4, 0.5) is 0 Å². The molecule has 2 aromatic carbocycles. The molecule has 2 aromatic rings. The van der Waals surface area contributed by atoms with E-state index in [9.17, 15) is 0 Å². The summed E-state index contributed by atoms with van der Waals surface area (Å²) in [7, 11) is -2.71. The first kappa shape index (κ1) is 27.3. The predicted octanol–water partition coefficient (Wildman–Crippen LogP) is -0.200. The second kappa shape index (κ2) is 9.98. The summed E-state index contributed by atoms with van der Waals surface area (Å²) in [6.45, 7) is 15.1. The third kappa shape index (κ3) is 5.01. The minimum atomic E-state index is -2.00. The van der Waals surface area contributed by atoms with Crippen LogP contribution < -0.4 is 38.5 Å². The van der Waals surface area contributed by atoms with E-state index in [-0.39, 0.29) is 24.8 Å². The summed E-state index contributed by atoms with van der Waals surface area (Å²) in [5.74, 6) is 0. The maximum Gasteiger partial charge on any atom is -1.00 e. The molecule has 0 aliphatic heterocycles. The van der Waals surface area contributed by atoms with Gasteiger partial charge in [-0.05, 0) is 0 Å². The van der Waals surface area contributed by atoms with Crippen LogP contribution in [-0.2, 0) is 27.7 Å². The Balaban J connectivity index is 0.00000153. The molecule has 174 valence electrons. The van der Waals surface area contributed by atoms with E-state index in [4.69, 9.17) is 0 Å². The number of fused-ring (bicyclic) bond motifs is 3. The number of halogens is 2. The quantitative estimate of drug-likeness (QED) is 0.370. The molecule has 1 saturated carbocycles. The van der Waals surface area contributed by atoms with E-state index >= 15 is 0 Å². The van der Waals surface area contributed by atoms with Gasteiger partial charge in [-0.25, -0.2) is 0 Å². The second-order valence-corrected chi connectivity index (χ2v) is 28.2. The maximum absolute atomic E-state index is 2.58. The average Bonchev–Trinajstić information content (AvgIpc) is 3.29. The molecule has 5 heteroatoms. The van der Waals surface area contributed by atoms with Crippen molar-refractivity contribution in [2.45, 2.75) is 71.4 Å². The van der Waals surface area contributed by atoms with E-state index in [1.54, 1.807) is 27.1 Å². The minimum absolute atomic E-state index is 0. The summed E-state index contributed by atoms with van der Waals surface area (Å²) in [5.41, 5.74) is 6.44. The maximum atomic E-state index is 2.58. The van der Waals surface area contributed by atoms with Gasteiger partial charge in [0.05, 0.1) is 0 Å². The number of benzene rings is 2. The molecule has 0 bridgehead atoms. The molecule has 0 heterocycles. The van der Waals surface area contributed by atoms with Crippen LogP contribution >= 0.6 is 0 Å². The average molecular weight is 591 g/mol. The largest absolute Gasteiger partial charge is 1.00 e. The molecule has 0 N–H and O–H groups in total.